The molecule has 1 rings (SSSR count). The van der Waals surface area contributed by atoms with Gasteiger partial charge in [0.25, 0.3) is 0 Å². The Kier molecular flexibility index (Phi) is 3.68. The van der Waals surface area contributed by atoms with Gasteiger partial charge in [0.2, 0.25) is 0 Å². The highest BCUT2D eigenvalue weighted by Crippen LogP contribution is 2.17. The summed E-state index contributed by atoms with van der Waals surface area (Å²) in [6.07, 6.45) is 3.18. The van der Waals surface area contributed by atoms with E-state index in [0.717, 1.165) is 6.42 Å². The number of aryl methyl sites for hydroxylation is 1. The van der Waals surface area contributed by atoms with E-state index < -0.39 is 0 Å². The van der Waals surface area contributed by atoms with Crippen molar-refractivity contribution in [3.63, 3.8) is 0 Å². The molecular formula is C13H21N. The van der Waals surface area contributed by atoms with Crippen molar-refractivity contribution in [1.82, 2.24) is 4.98 Å². The van der Waals surface area contributed by atoms with Crippen LogP contribution in [0.5, 0.6) is 0 Å². The minimum Gasteiger partial charge on any atom is -0.261 e. The second-order valence-corrected chi connectivity index (χ2v) is 4.79. The van der Waals surface area contributed by atoms with Gasteiger partial charge in [0.1, 0.15) is 0 Å². The van der Waals surface area contributed by atoms with E-state index in [-0.39, 0.29) is 0 Å². The predicted molar refractivity (Wildman–Crippen MR) is 61.6 cm³/mol. The van der Waals surface area contributed by atoms with Gasteiger partial charge in [-0.2, -0.15) is 0 Å². The summed E-state index contributed by atoms with van der Waals surface area (Å²) in [6.45, 7) is 11.0. The fourth-order valence-corrected chi connectivity index (χ4v) is 1.58. The number of aromatic nitrogens is 1. The lowest BCUT2D eigenvalue weighted by molar-refractivity contribution is 0.641. The van der Waals surface area contributed by atoms with E-state index in [2.05, 4.69) is 45.7 Å². The van der Waals surface area contributed by atoms with Crippen LogP contribution in [0.4, 0.5) is 0 Å². The van der Waals surface area contributed by atoms with Gasteiger partial charge in [-0.15, -0.1) is 0 Å². The minimum atomic E-state index is 0.529. The van der Waals surface area contributed by atoms with E-state index in [1.807, 2.05) is 6.20 Å². The average molecular weight is 191 g/mol. The monoisotopic (exact) mass is 191 g/mol. The van der Waals surface area contributed by atoms with E-state index in [1.54, 1.807) is 0 Å². The van der Waals surface area contributed by atoms with Crippen LogP contribution in [0, 0.1) is 12.8 Å². The summed E-state index contributed by atoms with van der Waals surface area (Å²) >= 11 is 0. The second-order valence-electron chi connectivity index (χ2n) is 4.79. The largest absolute Gasteiger partial charge is 0.261 e. The lowest BCUT2D eigenvalue weighted by atomic mass is 9.98. The molecule has 1 aromatic rings. The first-order valence-electron chi connectivity index (χ1n) is 5.46. The average Bonchev–Trinajstić information content (AvgIpc) is 2.07. The molecule has 1 aromatic heterocycles. The molecule has 0 amide bonds. The lowest BCUT2D eigenvalue weighted by Crippen LogP contribution is -2.01. The summed E-state index contributed by atoms with van der Waals surface area (Å²) in [5, 5.41) is 0. The van der Waals surface area contributed by atoms with Gasteiger partial charge in [0.05, 0.1) is 0 Å². The van der Waals surface area contributed by atoms with E-state index >= 15 is 0 Å². The molecule has 14 heavy (non-hydrogen) atoms. The third kappa shape index (κ3) is 2.83. The summed E-state index contributed by atoms with van der Waals surface area (Å²) < 4.78 is 0. The Labute approximate surface area is 87.6 Å². The maximum Gasteiger partial charge on any atom is 0.0431 e. The number of rotatable bonds is 3. The highest BCUT2D eigenvalue weighted by Gasteiger charge is 2.05. The minimum absolute atomic E-state index is 0.529. The van der Waals surface area contributed by atoms with Gasteiger partial charge in [-0.3, -0.25) is 4.98 Å². The van der Waals surface area contributed by atoms with Crippen molar-refractivity contribution in [1.29, 1.82) is 0 Å². The summed E-state index contributed by atoms with van der Waals surface area (Å²) in [5.74, 6) is 1.24. The lowest BCUT2D eigenvalue weighted by Gasteiger charge is -2.11. The second kappa shape index (κ2) is 4.59. The fraction of sp³-hybridized carbons (Fsp3) is 0.615. The van der Waals surface area contributed by atoms with Crippen molar-refractivity contribution in [2.75, 3.05) is 0 Å². The van der Waals surface area contributed by atoms with Crippen molar-refractivity contribution in [2.24, 2.45) is 5.92 Å². The van der Waals surface area contributed by atoms with Crippen molar-refractivity contribution in [3.8, 4) is 0 Å². The van der Waals surface area contributed by atoms with Gasteiger partial charge >= 0.3 is 0 Å². The number of hydrogen-bond donors (Lipinski definition) is 0. The Morgan fingerprint density at radius 2 is 1.86 bits per heavy atom. The van der Waals surface area contributed by atoms with Crippen molar-refractivity contribution in [3.05, 3.63) is 29.1 Å². The summed E-state index contributed by atoms with van der Waals surface area (Å²) in [6, 6.07) is 2.22. The van der Waals surface area contributed by atoms with Crippen LogP contribution >= 0.6 is 0 Å². The predicted octanol–water partition coefficient (Wildman–Crippen LogP) is 3.71. The van der Waals surface area contributed by atoms with E-state index in [4.69, 9.17) is 0 Å². The Bertz CT molecular complexity index is 300. The van der Waals surface area contributed by atoms with Gasteiger partial charge < -0.3 is 0 Å². The third-order valence-electron chi connectivity index (χ3n) is 2.46. The van der Waals surface area contributed by atoms with Crippen LogP contribution in [0.2, 0.25) is 0 Å². The SMILES string of the molecule is Cc1cc(C(C)C)ncc1CC(C)C. The van der Waals surface area contributed by atoms with Crippen LogP contribution in [-0.2, 0) is 6.42 Å². The molecule has 1 heteroatoms. The van der Waals surface area contributed by atoms with Gasteiger partial charge in [-0.05, 0) is 42.4 Å². The topological polar surface area (TPSA) is 12.9 Å². The van der Waals surface area contributed by atoms with E-state index in [0.29, 0.717) is 11.8 Å². The van der Waals surface area contributed by atoms with Gasteiger partial charge in [-0.25, -0.2) is 0 Å². The van der Waals surface area contributed by atoms with E-state index in [9.17, 15) is 0 Å². The molecule has 0 atom stereocenters. The molecule has 0 spiro atoms. The number of hydrogen-bond acceptors (Lipinski definition) is 1. The normalized spacial score (nSPS) is 11.4. The summed E-state index contributed by atoms with van der Waals surface area (Å²) in [7, 11) is 0. The standard InChI is InChI=1S/C13H21N/c1-9(2)6-12-8-14-13(10(3)4)7-11(12)5/h7-10H,6H2,1-5H3. The van der Waals surface area contributed by atoms with Gasteiger partial charge in [0.15, 0.2) is 0 Å². The zero-order chi connectivity index (χ0) is 10.7. The first-order valence-corrected chi connectivity index (χ1v) is 5.46. The molecule has 0 aliphatic heterocycles. The van der Waals surface area contributed by atoms with Crippen LogP contribution in [0.15, 0.2) is 12.3 Å². The maximum absolute atomic E-state index is 4.49. The molecule has 0 saturated heterocycles. The number of pyridine rings is 1. The zero-order valence-electron chi connectivity index (χ0n) is 9.96. The molecule has 78 valence electrons. The molecule has 0 aliphatic rings. The Hall–Kier alpha value is -0.850. The fourth-order valence-electron chi connectivity index (χ4n) is 1.58. The van der Waals surface area contributed by atoms with Crippen molar-refractivity contribution >= 4 is 0 Å². The van der Waals surface area contributed by atoms with Crippen LogP contribution < -0.4 is 0 Å². The molecule has 0 unspecified atom stereocenters. The van der Waals surface area contributed by atoms with Crippen molar-refractivity contribution < 1.29 is 0 Å². The highest BCUT2D eigenvalue weighted by molar-refractivity contribution is 5.26. The third-order valence-corrected chi connectivity index (χ3v) is 2.46. The maximum atomic E-state index is 4.49. The van der Waals surface area contributed by atoms with Gasteiger partial charge in [-0.1, -0.05) is 27.7 Å². The summed E-state index contributed by atoms with van der Waals surface area (Å²) in [4.78, 5) is 4.49. The summed E-state index contributed by atoms with van der Waals surface area (Å²) in [5.41, 5.74) is 3.98. The first-order chi connectivity index (χ1) is 6.50. The molecule has 0 aromatic carbocycles. The molecule has 0 aliphatic carbocycles. The van der Waals surface area contributed by atoms with Crippen LogP contribution in [-0.4, -0.2) is 4.98 Å². The van der Waals surface area contributed by atoms with Gasteiger partial charge in [0, 0.05) is 11.9 Å². The molecule has 0 fully saturated rings. The number of nitrogens with zero attached hydrogens (tertiary/aromatic N) is 1. The Morgan fingerprint density at radius 1 is 1.21 bits per heavy atom. The Morgan fingerprint density at radius 3 is 2.29 bits per heavy atom. The first kappa shape index (κ1) is 11.2. The zero-order valence-corrected chi connectivity index (χ0v) is 9.96. The highest BCUT2D eigenvalue weighted by atomic mass is 14.7. The molecule has 1 heterocycles. The quantitative estimate of drug-likeness (QED) is 0.709. The molecule has 0 N–H and O–H groups in total. The molecular weight excluding hydrogens is 170 g/mol. The van der Waals surface area contributed by atoms with Crippen molar-refractivity contribution in [2.45, 2.75) is 47.0 Å². The van der Waals surface area contributed by atoms with E-state index in [1.165, 1.54) is 16.8 Å². The van der Waals surface area contributed by atoms with Crippen LogP contribution in [0.3, 0.4) is 0 Å². The molecule has 1 nitrogen and oxygen atoms in total. The molecule has 0 bridgehead atoms. The Balaban J connectivity index is 2.90. The molecule has 0 saturated carbocycles. The molecule has 0 radical (unpaired) electrons. The smallest absolute Gasteiger partial charge is 0.0431 e. The van der Waals surface area contributed by atoms with Crippen LogP contribution in [0.25, 0.3) is 0 Å². The van der Waals surface area contributed by atoms with Crippen LogP contribution in [0.1, 0.15) is 50.4 Å².